The van der Waals surface area contributed by atoms with Crippen LogP contribution < -0.4 is 0 Å². The third-order valence-corrected chi connectivity index (χ3v) is 7.07. The molecular weight excluding hydrogens is 403 g/mol. The van der Waals surface area contributed by atoms with Gasteiger partial charge in [-0.2, -0.15) is 0 Å². The van der Waals surface area contributed by atoms with Crippen LogP contribution in [0.2, 0.25) is 0 Å². The minimum atomic E-state index is -3.00. The molecule has 0 aromatic heterocycles. The molecule has 0 fully saturated rings. The molecule has 0 heterocycles. The monoisotopic (exact) mass is 418 g/mol. The summed E-state index contributed by atoms with van der Waals surface area (Å²) in [5, 5.41) is 0. The molecule has 0 aliphatic carbocycles. The van der Waals surface area contributed by atoms with Crippen LogP contribution in [0.15, 0.2) is 91.0 Å². The third-order valence-electron chi connectivity index (χ3n) is 3.42. The second kappa shape index (κ2) is 7.91. The Morgan fingerprint density at radius 1 is 0.440 bits per heavy atom. The van der Waals surface area contributed by atoms with Crippen molar-refractivity contribution in [2.24, 2.45) is 0 Å². The zero-order chi connectivity index (χ0) is 17.6. The van der Waals surface area contributed by atoms with Crippen molar-refractivity contribution >= 4 is 13.1 Å². The first-order valence-corrected chi connectivity index (χ1v) is 10.1. The molecule has 3 aromatic rings. The van der Waals surface area contributed by atoms with Gasteiger partial charge in [-0.3, -0.25) is 0 Å². The molecule has 3 rings (SSSR count). The quantitative estimate of drug-likeness (QED) is 0.566. The molecule has 0 aliphatic rings. The Balaban J connectivity index is 2.04. The van der Waals surface area contributed by atoms with E-state index in [4.69, 9.17) is 0 Å². The zero-order valence-corrected chi connectivity index (χ0v) is 14.9. The average Bonchev–Trinajstić information content (AvgIpc) is 2.70. The number of hydrogen-bond acceptors (Lipinski definition) is 3. The number of hydrogen-bond donors (Lipinski definition) is 0. The Morgan fingerprint density at radius 3 is 0.920 bits per heavy atom. The number of rotatable bonds is 6. The van der Waals surface area contributed by atoms with Gasteiger partial charge in [-0.25, -0.2) is 0 Å². The Kier molecular flexibility index (Phi) is 5.42. The number of benzene rings is 3. The number of carbonyl (C=O) groups is 3. The van der Waals surface area contributed by atoms with Crippen molar-refractivity contribution in [2.45, 2.75) is 0 Å². The van der Waals surface area contributed by atoms with E-state index in [0.717, 1.165) is 0 Å². The van der Waals surface area contributed by atoms with Crippen molar-refractivity contribution in [3.8, 4) is 0 Å². The Bertz CT molecular complexity index is 768. The van der Waals surface area contributed by atoms with E-state index in [0.29, 0.717) is 16.7 Å². The second-order valence-corrected chi connectivity index (χ2v) is 8.57. The fourth-order valence-electron chi connectivity index (χ4n) is 2.18. The maximum atomic E-state index is 13.0. The first-order chi connectivity index (χ1) is 12.2. The van der Waals surface area contributed by atoms with Crippen LogP contribution in [0.1, 0.15) is 31.1 Å². The van der Waals surface area contributed by atoms with Crippen LogP contribution in [0.4, 0.5) is 0 Å². The van der Waals surface area contributed by atoms with Gasteiger partial charge in [-0.1, -0.05) is 0 Å². The number of carbonyl (C=O) groups excluding carboxylic acids is 3. The van der Waals surface area contributed by atoms with Crippen LogP contribution in [0, 0.1) is 0 Å². The Hall–Kier alpha value is -2.71. The van der Waals surface area contributed by atoms with Gasteiger partial charge in [0.05, 0.1) is 0 Å². The van der Waals surface area contributed by atoms with Crippen molar-refractivity contribution in [3.63, 3.8) is 0 Å². The normalized spacial score (nSPS) is 10.8. The summed E-state index contributed by atoms with van der Waals surface area (Å²) < 4.78 is -1.06. The van der Waals surface area contributed by atoms with E-state index < -0.39 is 16.0 Å². The molecule has 25 heavy (non-hydrogen) atoms. The predicted molar refractivity (Wildman–Crippen MR) is 92.3 cm³/mol. The topological polar surface area (TPSA) is 51.2 Å². The molecule has 0 spiro atoms. The molecule has 0 atom stereocenters. The molecule has 3 nitrogen and oxygen atoms in total. The van der Waals surface area contributed by atoms with Crippen LogP contribution in [-0.4, -0.2) is 13.1 Å². The first-order valence-electron chi connectivity index (χ1n) is 7.59. The van der Waals surface area contributed by atoms with E-state index in [2.05, 4.69) is 0 Å². The predicted octanol–water partition coefficient (Wildman–Crippen LogP) is 4.13. The van der Waals surface area contributed by atoms with Crippen LogP contribution in [0.3, 0.4) is 0 Å². The third kappa shape index (κ3) is 3.86. The van der Waals surface area contributed by atoms with Crippen molar-refractivity contribution in [3.05, 3.63) is 108 Å². The van der Waals surface area contributed by atoms with Crippen molar-refractivity contribution in [1.82, 2.24) is 0 Å². The SMILES string of the molecule is O=[C](c1ccccc1)[Rh]([C](=O)c1ccccc1)[C](=O)c1ccccc1. The van der Waals surface area contributed by atoms with Gasteiger partial charge in [-0.15, -0.1) is 0 Å². The van der Waals surface area contributed by atoms with Gasteiger partial charge in [0.2, 0.25) is 0 Å². The van der Waals surface area contributed by atoms with Gasteiger partial charge in [0.15, 0.2) is 0 Å². The first kappa shape index (κ1) is 17.1. The minimum absolute atomic E-state index is 0.353. The molecule has 4 heteroatoms. The van der Waals surface area contributed by atoms with Crippen LogP contribution in [0.5, 0.6) is 0 Å². The zero-order valence-electron chi connectivity index (χ0n) is 13.2. The molecular formula is C21H15O3Rh. The van der Waals surface area contributed by atoms with Gasteiger partial charge in [0, 0.05) is 0 Å². The maximum absolute atomic E-state index is 13.0. The molecule has 0 saturated carbocycles. The van der Waals surface area contributed by atoms with E-state index in [1.165, 1.54) is 0 Å². The molecule has 0 saturated heterocycles. The second-order valence-electron chi connectivity index (χ2n) is 5.11. The Labute approximate surface area is 151 Å². The summed E-state index contributed by atoms with van der Waals surface area (Å²) in [6.45, 7) is 0. The fraction of sp³-hybridized carbons (Fsp3) is 0. The van der Waals surface area contributed by atoms with E-state index in [1.807, 2.05) is 0 Å². The molecule has 0 N–H and O–H groups in total. The van der Waals surface area contributed by atoms with Gasteiger partial charge in [-0.05, 0) is 0 Å². The van der Waals surface area contributed by atoms with E-state index in [9.17, 15) is 14.4 Å². The fourth-order valence-corrected chi connectivity index (χ4v) is 5.43. The Morgan fingerprint density at radius 2 is 0.680 bits per heavy atom. The molecule has 0 bridgehead atoms. The average molecular weight is 418 g/mol. The van der Waals surface area contributed by atoms with E-state index in [-0.39, 0.29) is 13.1 Å². The summed E-state index contributed by atoms with van der Waals surface area (Å²) in [7, 11) is 0. The summed E-state index contributed by atoms with van der Waals surface area (Å²) in [6, 6.07) is 25.7. The molecule has 0 amide bonds. The van der Waals surface area contributed by atoms with E-state index >= 15 is 0 Å². The van der Waals surface area contributed by atoms with Crippen molar-refractivity contribution < 1.29 is 30.3 Å². The summed E-state index contributed by atoms with van der Waals surface area (Å²) in [6.07, 6.45) is 0. The van der Waals surface area contributed by atoms with Crippen LogP contribution >= 0.6 is 0 Å². The molecule has 0 unspecified atom stereocenters. The van der Waals surface area contributed by atoms with Gasteiger partial charge >= 0.3 is 151 Å². The standard InChI is InChI=1S/3C7H5O.Rh/c3*8-6-7-4-2-1-3-5-7;/h3*1-5H;. The van der Waals surface area contributed by atoms with Crippen molar-refractivity contribution in [1.29, 1.82) is 0 Å². The molecule has 126 valence electrons. The molecule has 3 aromatic carbocycles. The molecule has 0 aliphatic heterocycles. The van der Waals surface area contributed by atoms with Crippen LogP contribution in [0.25, 0.3) is 0 Å². The van der Waals surface area contributed by atoms with Gasteiger partial charge in [0.1, 0.15) is 0 Å². The molecule has 0 radical (unpaired) electrons. The van der Waals surface area contributed by atoms with Crippen molar-refractivity contribution in [2.75, 3.05) is 0 Å². The van der Waals surface area contributed by atoms with Crippen LogP contribution in [-0.2, 0) is 16.0 Å². The summed E-state index contributed by atoms with van der Waals surface area (Å²) in [5.74, 6) is 0. The van der Waals surface area contributed by atoms with Gasteiger partial charge in [0.25, 0.3) is 0 Å². The summed E-state index contributed by atoms with van der Waals surface area (Å²) in [5.41, 5.74) is 1.22. The van der Waals surface area contributed by atoms with Gasteiger partial charge < -0.3 is 0 Å². The summed E-state index contributed by atoms with van der Waals surface area (Å²) >= 11 is -3.00. The summed E-state index contributed by atoms with van der Waals surface area (Å²) in [4.78, 5) is 39.0. The van der Waals surface area contributed by atoms with E-state index in [1.54, 1.807) is 91.0 Å².